The van der Waals surface area contributed by atoms with E-state index >= 15 is 0 Å². The molecule has 0 aliphatic carbocycles. The van der Waals surface area contributed by atoms with Gasteiger partial charge in [-0.2, -0.15) is 13.2 Å². The van der Waals surface area contributed by atoms with Crippen molar-refractivity contribution in [1.29, 1.82) is 0 Å². The predicted octanol–water partition coefficient (Wildman–Crippen LogP) is 4.03. The van der Waals surface area contributed by atoms with Crippen LogP contribution in [0.25, 0.3) is 0 Å². The van der Waals surface area contributed by atoms with Gasteiger partial charge in [0.05, 0.1) is 20.6 Å². The van der Waals surface area contributed by atoms with Crippen molar-refractivity contribution in [1.82, 2.24) is 0 Å². The molecule has 2 rings (SSSR count). The first-order chi connectivity index (χ1) is 10.5. The zero-order valence-corrected chi connectivity index (χ0v) is 14.1. The summed E-state index contributed by atoms with van der Waals surface area (Å²) in [7, 11) is -4.12. The molecule has 0 fully saturated rings. The second-order valence-electron chi connectivity index (χ2n) is 4.27. The second-order valence-corrected chi connectivity index (χ2v) is 8.64. The highest BCUT2D eigenvalue weighted by atomic mass is 79.9. The van der Waals surface area contributed by atoms with Crippen LogP contribution in [0.1, 0.15) is 15.9 Å². The van der Waals surface area contributed by atoms with Gasteiger partial charge in [0.2, 0.25) is 0 Å². The molecule has 0 aliphatic rings. The third kappa shape index (κ3) is 4.24. The molecule has 0 amide bonds. The van der Waals surface area contributed by atoms with Gasteiger partial charge >= 0.3 is 12.1 Å². The van der Waals surface area contributed by atoms with E-state index in [1.54, 1.807) is 0 Å². The molecule has 0 bridgehead atoms. The summed E-state index contributed by atoms with van der Waals surface area (Å²) in [6.07, 6.45) is -4.81. The average molecular weight is 430 g/mol. The Morgan fingerprint density at radius 3 is 2.35 bits per heavy atom. The van der Waals surface area contributed by atoms with Crippen molar-refractivity contribution in [2.45, 2.75) is 10.4 Å². The molecule has 2 aromatic rings. The van der Waals surface area contributed by atoms with Crippen LogP contribution in [0.5, 0.6) is 0 Å². The van der Waals surface area contributed by atoms with Crippen molar-refractivity contribution >= 4 is 48.9 Å². The van der Waals surface area contributed by atoms with E-state index in [1.165, 1.54) is 12.1 Å². The van der Waals surface area contributed by atoms with Crippen molar-refractivity contribution in [3.8, 4) is 0 Å². The summed E-state index contributed by atoms with van der Waals surface area (Å²) >= 11 is 3.94. The third-order valence-corrected chi connectivity index (χ3v) is 6.07. The Hall–Kier alpha value is -1.59. The van der Waals surface area contributed by atoms with Gasteiger partial charge in [-0.05, 0) is 46.3 Å². The number of sulfonamides is 1. The number of thiophene rings is 1. The maximum absolute atomic E-state index is 12.8. The summed E-state index contributed by atoms with van der Waals surface area (Å²) in [5, 5.41) is 8.87. The predicted molar refractivity (Wildman–Crippen MR) is 81.2 cm³/mol. The molecule has 0 unspecified atom stereocenters. The molecular weight excluding hydrogens is 423 g/mol. The zero-order valence-electron chi connectivity index (χ0n) is 10.9. The standard InChI is InChI=1S/C12H7BrF3NO4S2/c13-9-1-2-10(22-9)23(20,21)17-8-4-6(11(18)19)3-7(5-8)12(14,15)16/h1-5,17H,(H,18,19). The van der Waals surface area contributed by atoms with E-state index in [4.69, 9.17) is 5.11 Å². The minimum Gasteiger partial charge on any atom is -0.478 e. The molecule has 0 spiro atoms. The molecule has 23 heavy (non-hydrogen) atoms. The van der Waals surface area contributed by atoms with E-state index in [1.807, 2.05) is 4.72 Å². The Morgan fingerprint density at radius 1 is 1.22 bits per heavy atom. The fraction of sp³-hybridized carbons (Fsp3) is 0.0833. The van der Waals surface area contributed by atoms with Gasteiger partial charge in [0.15, 0.2) is 0 Å². The lowest BCUT2D eigenvalue weighted by atomic mass is 10.1. The number of carboxylic acids is 1. The first-order valence-electron chi connectivity index (χ1n) is 5.73. The molecule has 0 atom stereocenters. The third-order valence-electron chi connectivity index (χ3n) is 2.57. The molecule has 0 saturated carbocycles. The SMILES string of the molecule is O=C(O)c1cc(NS(=O)(=O)c2ccc(Br)s2)cc(C(F)(F)F)c1. The van der Waals surface area contributed by atoms with E-state index < -0.39 is 39.0 Å². The minimum absolute atomic E-state index is 0.126. The van der Waals surface area contributed by atoms with Crippen LogP contribution >= 0.6 is 27.3 Å². The highest BCUT2D eigenvalue weighted by Gasteiger charge is 2.32. The second kappa shape index (κ2) is 6.13. The van der Waals surface area contributed by atoms with Gasteiger partial charge < -0.3 is 5.11 Å². The molecule has 124 valence electrons. The number of alkyl halides is 3. The fourth-order valence-corrected chi connectivity index (χ4v) is 4.67. The smallest absolute Gasteiger partial charge is 0.416 e. The van der Waals surface area contributed by atoms with Crippen molar-refractivity contribution in [2.75, 3.05) is 4.72 Å². The van der Waals surface area contributed by atoms with E-state index in [0.717, 1.165) is 17.4 Å². The van der Waals surface area contributed by atoms with E-state index in [0.29, 0.717) is 15.9 Å². The van der Waals surface area contributed by atoms with Crippen LogP contribution in [0.2, 0.25) is 0 Å². The highest BCUT2D eigenvalue weighted by molar-refractivity contribution is 9.11. The Balaban J connectivity index is 2.47. The number of anilines is 1. The Bertz CT molecular complexity index is 861. The highest BCUT2D eigenvalue weighted by Crippen LogP contribution is 2.33. The molecule has 11 heteroatoms. The summed E-state index contributed by atoms with van der Waals surface area (Å²) in [4.78, 5) is 10.9. The number of hydrogen-bond acceptors (Lipinski definition) is 4. The maximum atomic E-state index is 12.8. The van der Waals surface area contributed by atoms with Gasteiger partial charge in [0.25, 0.3) is 10.0 Å². The fourth-order valence-electron chi connectivity index (χ4n) is 1.62. The Labute approximate surface area is 140 Å². The van der Waals surface area contributed by atoms with E-state index in [-0.39, 0.29) is 4.21 Å². The lowest BCUT2D eigenvalue weighted by molar-refractivity contribution is -0.137. The normalized spacial score (nSPS) is 12.2. The van der Waals surface area contributed by atoms with Gasteiger partial charge in [-0.15, -0.1) is 11.3 Å². The summed E-state index contributed by atoms with van der Waals surface area (Å²) in [6.45, 7) is 0. The topological polar surface area (TPSA) is 83.5 Å². The number of rotatable bonds is 4. The Kier molecular flexibility index (Phi) is 4.74. The van der Waals surface area contributed by atoms with Crippen molar-refractivity contribution in [3.05, 3.63) is 45.2 Å². The lowest BCUT2D eigenvalue weighted by Crippen LogP contribution is -2.14. The molecule has 0 saturated heterocycles. The molecule has 0 radical (unpaired) electrons. The van der Waals surface area contributed by atoms with Crippen LogP contribution in [0.3, 0.4) is 0 Å². The van der Waals surface area contributed by atoms with Crippen LogP contribution < -0.4 is 4.72 Å². The number of benzene rings is 1. The number of nitrogens with one attached hydrogen (secondary N) is 1. The van der Waals surface area contributed by atoms with Gasteiger partial charge in [-0.1, -0.05) is 0 Å². The van der Waals surface area contributed by atoms with Crippen LogP contribution in [0, 0.1) is 0 Å². The number of carbonyl (C=O) groups is 1. The average Bonchev–Trinajstić information content (AvgIpc) is 2.84. The van der Waals surface area contributed by atoms with Crippen molar-refractivity contribution < 1.29 is 31.5 Å². The number of halogens is 4. The molecule has 2 N–H and O–H groups in total. The molecule has 1 heterocycles. The minimum atomic E-state index is -4.81. The maximum Gasteiger partial charge on any atom is 0.416 e. The summed E-state index contributed by atoms with van der Waals surface area (Å²) in [5.41, 5.74) is -2.42. The zero-order chi connectivity index (χ0) is 17.4. The summed E-state index contributed by atoms with van der Waals surface area (Å²) in [6, 6.07) is 4.52. The van der Waals surface area contributed by atoms with Gasteiger partial charge in [0.1, 0.15) is 4.21 Å². The molecule has 0 aliphatic heterocycles. The molecular formula is C12H7BrF3NO4S2. The van der Waals surface area contributed by atoms with Gasteiger partial charge in [-0.25, -0.2) is 13.2 Å². The van der Waals surface area contributed by atoms with Crippen LogP contribution in [-0.4, -0.2) is 19.5 Å². The largest absolute Gasteiger partial charge is 0.478 e. The van der Waals surface area contributed by atoms with Gasteiger partial charge in [-0.3, -0.25) is 4.72 Å². The van der Waals surface area contributed by atoms with E-state index in [9.17, 15) is 26.4 Å². The summed E-state index contributed by atoms with van der Waals surface area (Å²) < 4.78 is 65.0. The van der Waals surface area contributed by atoms with Crippen LogP contribution in [0.4, 0.5) is 18.9 Å². The Morgan fingerprint density at radius 2 is 1.87 bits per heavy atom. The molecule has 5 nitrogen and oxygen atoms in total. The number of aromatic carboxylic acids is 1. The van der Waals surface area contributed by atoms with Gasteiger partial charge in [0, 0.05) is 0 Å². The first-order valence-corrected chi connectivity index (χ1v) is 8.82. The molecule has 1 aromatic carbocycles. The van der Waals surface area contributed by atoms with Crippen molar-refractivity contribution in [3.63, 3.8) is 0 Å². The number of hydrogen-bond donors (Lipinski definition) is 2. The lowest BCUT2D eigenvalue weighted by Gasteiger charge is -2.12. The van der Waals surface area contributed by atoms with Crippen molar-refractivity contribution in [2.24, 2.45) is 0 Å². The monoisotopic (exact) mass is 429 g/mol. The number of carboxylic acid groups (broad SMARTS) is 1. The molecule has 1 aromatic heterocycles. The van der Waals surface area contributed by atoms with Crippen LogP contribution in [-0.2, 0) is 16.2 Å². The van der Waals surface area contributed by atoms with Crippen LogP contribution in [0.15, 0.2) is 38.3 Å². The summed E-state index contributed by atoms with van der Waals surface area (Å²) in [5.74, 6) is -1.60. The quantitative estimate of drug-likeness (QED) is 0.768. The first kappa shape index (κ1) is 17.8. The van der Waals surface area contributed by atoms with E-state index in [2.05, 4.69) is 15.9 Å².